The molecule has 6 nitrogen and oxygen atoms in total. The molecule has 7 heteroatoms. The van der Waals surface area contributed by atoms with E-state index in [1.807, 2.05) is 0 Å². The van der Waals surface area contributed by atoms with Crippen LogP contribution in [0.3, 0.4) is 0 Å². The molecule has 0 bridgehead atoms. The molecule has 2 heterocycles. The molecule has 1 aliphatic heterocycles. The molecule has 0 aliphatic carbocycles. The van der Waals surface area contributed by atoms with Crippen LogP contribution < -0.4 is 45.0 Å². The maximum Gasteiger partial charge on any atom is 1.00 e. The average Bonchev–Trinajstić information content (AvgIpc) is 2.48. The first-order valence-corrected chi connectivity index (χ1v) is 6.90. The maximum absolute atomic E-state index is 11.6. The van der Waals surface area contributed by atoms with Crippen molar-refractivity contribution >= 4 is 11.0 Å². The number of nitrogens with zero attached hydrogens (tertiary/aromatic N) is 1. The maximum atomic E-state index is 11.6. The van der Waals surface area contributed by atoms with Crippen LogP contribution in [-0.4, -0.2) is 44.4 Å². The van der Waals surface area contributed by atoms with Crippen LogP contribution in [0.25, 0.3) is 11.0 Å². The van der Waals surface area contributed by atoms with Gasteiger partial charge in [0.15, 0.2) is 0 Å². The molecule has 22 heavy (non-hydrogen) atoms. The van der Waals surface area contributed by atoms with Gasteiger partial charge in [0, 0.05) is 37.2 Å². The molecule has 0 atom stereocenters. The third-order valence-electron chi connectivity index (χ3n) is 3.46. The molecule has 0 unspecified atom stereocenters. The molecule has 0 saturated carbocycles. The summed E-state index contributed by atoms with van der Waals surface area (Å²) in [4.78, 5) is 13.5. The number of hydrogen-bond acceptors (Lipinski definition) is 6. The molecule has 0 amide bonds. The van der Waals surface area contributed by atoms with Crippen LogP contribution in [0.1, 0.15) is 0 Å². The summed E-state index contributed by atoms with van der Waals surface area (Å²) in [6.07, 6.45) is 0. The molecule has 1 aromatic heterocycles. The zero-order valence-electron chi connectivity index (χ0n) is 12.5. The summed E-state index contributed by atoms with van der Waals surface area (Å²) in [5.41, 5.74) is -0.380. The standard InChI is InChI=1S/C15H17NO5.Na/c17-13-10-15(18)21-14-9-11(1-2-12(13)14)20-8-5-16-3-6-19-7-4-16;/h1-2,9-10,17H,3-8H2;/q;+1/p-1. The summed E-state index contributed by atoms with van der Waals surface area (Å²) < 4.78 is 15.9. The van der Waals surface area contributed by atoms with Gasteiger partial charge in [-0.3, -0.25) is 4.90 Å². The van der Waals surface area contributed by atoms with Gasteiger partial charge in [0.2, 0.25) is 0 Å². The van der Waals surface area contributed by atoms with Gasteiger partial charge in [-0.1, -0.05) is 5.75 Å². The van der Waals surface area contributed by atoms with E-state index in [1.165, 1.54) is 0 Å². The second kappa shape index (κ2) is 7.99. The minimum atomic E-state index is -0.641. The normalized spacial score (nSPS) is 15.5. The van der Waals surface area contributed by atoms with Crippen molar-refractivity contribution in [2.24, 2.45) is 0 Å². The van der Waals surface area contributed by atoms with Crippen molar-refractivity contribution in [3.63, 3.8) is 0 Å². The minimum Gasteiger partial charge on any atom is -0.872 e. The Balaban J connectivity index is 0.00000176. The van der Waals surface area contributed by atoms with Crippen molar-refractivity contribution in [2.75, 3.05) is 39.5 Å². The zero-order chi connectivity index (χ0) is 14.7. The summed E-state index contributed by atoms with van der Waals surface area (Å²) in [6.45, 7) is 4.69. The van der Waals surface area contributed by atoms with Crippen molar-refractivity contribution < 1.29 is 48.6 Å². The van der Waals surface area contributed by atoms with Crippen LogP contribution in [0.5, 0.6) is 11.5 Å². The summed E-state index contributed by atoms with van der Waals surface area (Å²) in [6, 6.07) is 5.85. The number of fused-ring (bicyclic) bond motifs is 1. The number of morpholine rings is 1. The first kappa shape index (κ1) is 17.3. The molecule has 0 N–H and O–H groups in total. The van der Waals surface area contributed by atoms with Gasteiger partial charge in [-0.2, -0.15) is 0 Å². The summed E-state index contributed by atoms with van der Waals surface area (Å²) in [5, 5.41) is 12.0. The SMILES string of the molecule is O=c1cc([O-])c2ccc(OCCN3CCOCC3)cc2o1.[Na+]. The second-order valence-electron chi connectivity index (χ2n) is 4.89. The van der Waals surface area contributed by atoms with E-state index >= 15 is 0 Å². The van der Waals surface area contributed by atoms with E-state index in [4.69, 9.17) is 13.9 Å². The molecule has 1 aliphatic rings. The van der Waals surface area contributed by atoms with Crippen LogP contribution in [-0.2, 0) is 4.74 Å². The van der Waals surface area contributed by atoms with Crippen molar-refractivity contribution in [2.45, 2.75) is 0 Å². The Labute approximate surface area is 149 Å². The molecule has 2 aromatic rings. The first-order chi connectivity index (χ1) is 10.2. The molecule has 1 saturated heterocycles. The van der Waals surface area contributed by atoms with Gasteiger partial charge in [-0.05, 0) is 12.1 Å². The fraction of sp³-hybridized carbons (Fsp3) is 0.400. The number of benzene rings is 1. The molecular formula is C15H16NNaO5. The van der Waals surface area contributed by atoms with Crippen molar-refractivity contribution in [3.8, 4) is 11.5 Å². The van der Waals surface area contributed by atoms with Crippen LogP contribution in [0.2, 0.25) is 0 Å². The Morgan fingerprint density at radius 1 is 1.23 bits per heavy atom. The van der Waals surface area contributed by atoms with E-state index < -0.39 is 5.63 Å². The Morgan fingerprint density at radius 3 is 2.77 bits per heavy atom. The van der Waals surface area contributed by atoms with E-state index in [2.05, 4.69) is 4.90 Å². The average molecular weight is 313 g/mol. The van der Waals surface area contributed by atoms with Crippen molar-refractivity contribution in [3.05, 3.63) is 34.7 Å². The van der Waals surface area contributed by atoms with Gasteiger partial charge in [0.25, 0.3) is 0 Å². The van der Waals surface area contributed by atoms with E-state index in [0.29, 0.717) is 17.7 Å². The first-order valence-electron chi connectivity index (χ1n) is 6.90. The number of ether oxygens (including phenoxy) is 2. The predicted octanol–water partition coefficient (Wildman–Crippen LogP) is -2.42. The van der Waals surface area contributed by atoms with Gasteiger partial charge in [0.1, 0.15) is 17.9 Å². The fourth-order valence-electron chi connectivity index (χ4n) is 2.32. The van der Waals surface area contributed by atoms with Gasteiger partial charge in [0.05, 0.1) is 13.2 Å². The van der Waals surface area contributed by atoms with E-state index in [0.717, 1.165) is 38.9 Å². The molecular weight excluding hydrogens is 297 g/mol. The molecule has 112 valence electrons. The van der Waals surface area contributed by atoms with Crippen molar-refractivity contribution in [1.82, 2.24) is 4.90 Å². The van der Waals surface area contributed by atoms with Gasteiger partial charge < -0.3 is 19.0 Å². The van der Waals surface area contributed by atoms with Crippen LogP contribution in [0, 0.1) is 0 Å². The summed E-state index contributed by atoms with van der Waals surface area (Å²) in [7, 11) is 0. The van der Waals surface area contributed by atoms with Crippen molar-refractivity contribution in [1.29, 1.82) is 0 Å². The Hall–Kier alpha value is -1.05. The van der Waals surface area contributed by atoms with E-state index in [-0.39, 0.29) is 40.9 Å². The smallest absolute Gasteiger partial charge is 0.872 e. The third-order valence-corrected chi connectivity index (χ3v) is 3.46. The van der Waals surface area contributed by atoms with Crippen LogP contribution in [0.15, 0.2) is 33.5 Å². The summed E-state index contributed by atoms with van der Waals surface area (Å²) >= 11 is 0. The fourth-order valence-corrected chi connectivity index (χ4v) is 2.32. The Morgan fingerprint density at radius 2 is 2.00 bits per heavy atom. The quantitative estimate of drug-likeness (QED) is 0.462. The van der Waals surface area contributed by atoms with Gasteiger partial charge >= 0.3 is 35.2 Å². The monoisotopic (exact) mass is 313 g/mol. The van der Waals surface area contributed by atoms with Crippen LogP contribution >= 0.6 is 0 Å². The molecule has 0 radical (unpaired) electrons. The van der Waals surface area contributed by atoms with Gasteiger partial charge in [-0.25, -0.2) is 4.79 Å². The summed E-state index contributed by atoms with van der Waals surface area (Å²) in [5.74, 6) is 0.255. The minimum absolute atomic E-state index is 0. The predicted molar refractivity (Wildman–Crippen MR) is 74.7 cm³/mol. The number of hydrogen-bond donors (Lipinski definition) is 0. The second-order valence-corrected chi connectivity index (χ2v) is 4.89. The Kier molecular flexibility index (Phi) is 6.28. The molecule has 3 rings (SSSR count). The largest absolute Gasteiger partial charge is 1.00 e. The van der Waals surface area contributed by atoms with Gasteiger partial charge in [-0.15, -0.1) is 0 Å². The van der Waals surface area contributed by atoms with Crippen LogP contribution in [0.4, 0.5) is 0 Å². The van der Waals surface area contributed by atoms with E-state index in [1.54, 1.807) is 18.2 Å². The molecule has 1 aromatic carbocycles. The third kappa shape index (κ3) is 4.24. The molecule has 0 spiro atoms. The Bertz CT molecular complexity index is 681. The zero-order valence-corrected chi connectivity index (χ0v) is 14.5. The molecule has 1 fully saturated rings. The number of rotatable bonds is 4. The van der Waals surface area contributed by atoms with E-state index in [9.17, 15) is 9.90 Å². The topological polar surface area (TPSA) is 75.0 Å².